The third kappa shape index (κ3) is 12.8. The van der Waals surface area contributed by atoms with Crippen molar-refractivity contribution in [1.82, 2.24) is 19.9 Å². The Bertz CT molecular complexity index is 1540. The molecule has 2 heterocycles. The molecule has 5 heteroatoms. The zero-order chi connectivity index (χ0) is 39.7. The molecule has 2 aliphatic carbocycles. The van der Waals surface area contributed by atoms with Crippen molar-refractivity contribution < 1.29 is 4.74 Å². The molecule has 0 bridgehead atoms. The van der Waals surface area contributed by atoms with Crippen LogP contribution in [0.1, 0.15) is 191 Å². The lowest BCUT2D eigenvalue weighted by Crippen LogP contribution is -2.28. The maximum atomic E-state index is 7.62. The Morgan fingerprint density at radius 2 is 0.807 bits per heavy atom. The molecule has 2 saturated carbocycles. The maximum absolute atomic E-state index is 7.62. The monoisotopic (exact) mass is 771 g/mol. The van der Waals surface area contributed by atoms with E-state index in [1.165, 1.54) is 151 Å². The highest BCUT2D eigenvalue weighted by Crippen LogP contribution is 2.47. The molecule has 0 N–H and O–H groups in total. The van der Waals surface area contributed by atoms with E-state index in [9.17, 15) is 0 Å². The fraction of sp³-hybridized carbons (Fsp3) is 0.615. The van der Waals surface area contributed by atoms with Gasteiger partial charge < -0.3 is 4.74 Å². The van der Waals surface area contributed by atoms with Gasteiger partial charge in [0.2, 0.25) is 0 Å². The minimum atomic E-state index is 0.0549. The van der Waals surface area contributed by atoms with Crippen molar-refractivity contribution in [3.05, 3.63) is 95.6 Å². The Kier molecular flexibility index (Phi) is 17.6. The summed E-state index contributed by atoms with van der Waals surface area (Å²) in [5, 5.41) is 0. The largest absolute Gasteiger partial charge is 0.365 e. The molecule has 0 amide bonds. The van der Waals surface area contributed by atoms with Gasteiger partial charge in [0.25, 0.3) is 0 Å². The minimum Gasteiger partial charge on any atom is -0.365 e. The first kappa shape index (κ1) is 43.1. The van der Waals surface area contributed by atoms with E-state index in [1.54, 1.807) is 0 Å². The lowest BCUT2D eigenvalue weighted by Gasteiger charge is -2.40. The van der Waals surface area contributed by atoms with Crippen LogP contribution in [0, 0.1) is 23.7 Å². The van der Waals surface area contributed by atoms with Crippen LogP contribution in [0.5, 0.6) is 0 Å². The van der Waals surface area contributed by atoms with Gasteiger partial charge in [-0.05, 0) is 97.3 Å². The van der Waals surface area contributed by atoms with Crippen LogP contribution >= 0.6 is 0 Å². The van der Waals surface area contributed by atoms with E-state index in [0.717, 1.165) is 47.5 Å². The SMILES string of the molecule is CCCCCCCc1cnc(-c2ccc(C(OC(c3ccc(-c4ncc(CCCCCCC)cn4)cc3)C3CCC(CC)CC3)C3CCC(CC)CC3)cc2)nc1. The highest BCUT2D eigenvalue weighted by atomic mass is 16.5. The highest BCUT2D eigenvalue weighted by molar-refractivity contribution is 5.56. The summed E-state index contributed by atoms with van der Waals surface area (Å²) in [5.74, 6) is 4.33. The Morgan fingerprint density at radius 3 is 1.14 bits per heavy atom. The summed E-state index contributed by atoms with van der Waals surface area (Å²) in [6.45, 7) is 9.26. The topological polar surface area (TPSA) is 60.8 Å². The Balaban J connectivity index is 1.20. The molecule has 2 aromatic heterocycles. The maximum Gasteiger partial charge on any atom is 0.159 e. The molecular formula is C52H74N4O. The number of rotatable bonds is 22. The highest BCUT2D eigenvalue weighted by Gasteiger charge is 2.35. The normalized spacial score (nSPS) is 21.0. The molecule has 0 saturated heterocycles. The zero-order valence-corrected chi connectivity index (χ0v) is 36.1. The summed E-state index contributed by atoms with van der Waals surface area (Å²) >= 11 is 0. The van der Waals surface area contributed by atoms with E-state index in [4.69, 9.17) is 24.7 Å². The molecule has 0 radical (unpaired) electrons. The van der Waals surface area contributed by atoms with Crippen LogP contribution in [-0.4, -0.2) is 19.9 Å². The molecule has 4 aromatic rings. The fourth-order valence-electron chi connectivity index (χ4n) is 9.66. The Morgan fingerprint density at radius 1 is 0.456 bits per heavy atom. The van der Waals surface area contributed by atoms with Crippen LogP contribution in [0.4, 0.5) is 0 Å². The number of hydrogen-bond donors (Lipinski definition) is 0. The third-order valence-electron chi connectivity index (χ3n) is 13.6. The van der Waals surface area contributed by atoms with Gasteiger partial charge in [-0.3, -0.25) is 0 Å². The molecule has 6 rings (SSSR count). The van der Waals surface area contributed by atoms with Crippen LogP contribution in [0.15, 0.2) is 73.3 Å². The summed E-state index contributed by atoms with van der Waals surface area (Å²) in [6, 6.07) is 18.2. The Labute approximate surface area is 346 Å². The second-order valence-corrected chi connectivity index (χ2v) is 17.8. The summed E-state index contributed by atoms with van der Waals surface area (Å²) in [4.78, 5) is 19.2. The standard InChI is InChI=1S/C52H74N4O/c1-5-9-11-13-15-17-41-35-53-51(54-36-41)47-31-27-45(28-32-47)49(43-23-19-39(7-3)20-24-43)57-50(44-25-21-40(8-4)22-26-44)46-29-33-48(34-30-46)52-55-37-42(38-56-52)18-16-14-12-10-6-2/h27-40,43-44,49-50H,5-26H2,1-4H3. The van der Waals surface area contributed by atoms with E-state index in [-0.39, 0.29) is 12.2 Å². The predicted molar refractivity (Wildman–Crippen MR) is 238 cm³/mol. The van der Waals surface area contributed by atoms with Gasteiger partial charge in [-0.25, -0.2) is 19.9 Å². The first-order valence-corrected chi connectivity index (χ1v) is 23.6. The average molecular weight is 771 g/mol. The number of hydrogen-bond acceptors (Lipinski definition) is 5. The van der Waals surface area contributed by atoms with Crippen molar-refractivity contribution in [2.75, 3.05) is 0 Å². The van der Waals surface area contributed by atoms with Crippen molar-refractivity contribution >= 4 is 0 Å². The molecule has 2 atom stereocenters. The summed E-state index contributed by atoms with van der Waals surface area (Å²) in [5.41, 5.74) is 7.23. The minimum absolute atomic E-state index is 0.0549. The van der Waals surface area contributed by atoms with Gasteiger partial charge in [-0.2, -0.15) is 0 Å². The molecule has 5 nitrogen and oxygen atoms in total. The quantitative estimate of drug-likeness (QED) is 0.0745. The number of aryl methyl sites for hydroxylation is 2. The molecule has 0 spiro atoms. The molecule has 2 unspecified atom stereocenters. The van der Waals surface area contributed by atoms with E-state index in [2.05, 4.69) is 76.2 Å². The number of aromatic nitrogens is 4. The first-order valence-electron chi connectivity index (χ1n) is 23.6. The first-order chi connectivity index (χ1) is 28.1. The summed E-state index contributed by atoms with van der Waals surface area (Å²) in [6.07, 6.45) is 35.9. The van der Waals surface area contributed by atoms with Gasteiger partial charge in [0, 0.05) is 35.9 Å². The van der Waals surface area contributed by atoms with E-state index in [0.29, 0.717) is 11.8 Å². The van der Waals surface area contributed by atoms with Crippen molar-refractivity contribution in [2.24, 2.45) is 23.7 Å². The second-order valence-electron chi connectivity index (χ2n) is 17.8. The van der Waals surface area contributed by atoms with Gasteiger partial charge in [-0.1, -0.05) is 166 Å². The molecule has 57 heavy (non-hydrogen) atoms. The fourth-order valence-corrected chi connectivity index (χ4v) is 9.66. The van der Waals surface area contributed by atoms with E-state index >= 15 is 0 Å². The van der Waals surface area contributed by atoms with Gasteiger partial charge in [0.05, 0.1) is 12.2 Å². The van der Waals surface area contributed by atoms with Crippen molar-refractivity contribution in [2.45, 2.75) is 181 Å². The third-order valence-corrected chi connectivity index (χ3v) is 13.6. The summed E-state index contributed by atoms with van der Waals surface area (Å²) < 4.78 is 7.62. The van der Waals surface area contributed by atoms with Gasteiger partial charge in [-0.15, -0.1) is 0 Å². The second kappa shape index (κ2) is 23.2. The summed E-state index contributed by atoms with van der Waals surface area (Å²) in [7, 11) is 0. The van der Waals surface area contributed by atoms with Crippen molar-refractivity contribution in [3.8, 4) is 22.8 Å². The van der Waals surface area contributed by atoms with Gasteiger partial charge in [0.15, 0.2) is 11.6 Å². The lowest BCUT2D eigenvalue weighted by atomic mass is 9.75. The number of unbranched alkanes of at least 4 members (excludes halogenated alkanes) is 8. The molecule has 0 aliphatic heterocycles. The molecule has 2 fully saturated rings. The van der Waals surface area contributed by atoms with E-state index < -0.39 is 0 Å². The number of benzene rings is 2. The lowest BCUT2D eigenvalue weighted by molar-refractivity contribution is -0.0905. The predicted octanol–water partition coefficient (Wildman–Crippen LogP) is 14.9. The van der Waals surface area contributed by atoms with Crippen LogP contribution in [0.2, 0.25) is 0 Å². The van der Waals surface area contributed by atoms with Crippen LogP contribution in [-0.2, 0) is 17.6 Å². The molecule has 2 aromatic carbocycles. The number of nitrogens with zero attached hydrogens (tertiary/aromatic N) is 4. The zero-order valence-electron chi connectivity index (χ0n) is 36.1. The smallest absolute Gasteiger partial charge is 0.159 e. The molecule has 2 aliphatic rings. The van der Waals surface area contributed by atoms with Crippen LogP contribution in [0.3, 0.4) is 0 Å². The van der Waals surface area contributed by atoms with Crippen LogP contribution < -0.4 is 0 Å². The number of ether oxygens (including phenoxy) is 1. The van der Waals surface area contributed by atoms with Gasteiger partial charge in [0.1, 0.15) is 0 Å². The molecular weight excluding hydrogens is 697 g/mol. The Hall–Kier alpha value is -3.44. The van der Waals surface area contributed by atoms with Gasteiger partial charge >= 0.3 is 0 Å². The van der Waals surface area contributed by atoms with Crippen LogP contribution in [0.25, 0.3) is 22.8 Å². The van der Waals surface area contributed by atoms with E-state index in [1.807, 2.05) is 24.8 Å². The van der Waals surface area contributed by atoms with Crippen molar-refractivity contribution in [1.29, 1.82) is 0 Å². The average Bonchev–Trinajstić information content (AvgIpc) is 3.27. The van der Waals surface area contributed by atoms with Crippen molar-refractivity contribution in [3.63, 3.8) is 0 Å². The molecule has 308 valence electrons.